The van der Waals surface area contributed by atoms with E-state index in [0.717, 1.165) is 22.3 Å². The molecule has 2 aromatic carbocycles. The van der Waals surface area contributed by atoms with Gasteiger partial charge in [0.2, 0.25) is 0 Å². The van der Waals surface area contributed by atoms with Gasteiger partial charge in [0.15, 0.2) is 0 Å². The molecule has 0 amide bonds. The van der Waals surface area contributed by atoms with Gasteiger partial charge in [-0.05, 0) is 57.9 Å². The fraction of sp³-hybridized carbons (Fsp3) is 0. The van der Waals surface area contributed by atoms with Crippen molar-refractivity contribution in [2.24, 2.45) is 0 Å². The lowest BCUT2D eigenvalue weighted by molar-refractivity contribution is 0.624. The topological polar surface area (TPSA) is 54.5 Å². The number of fused-ring (bicyclic) bond motifs is 1. The summed E-state index contributed by atoms with van der Waals surface area (Å²) in [5.74, 6) is -0.380. The van der Waals surface area contributed by atoms with E-state index in [1.807, 2.05) is 34.9 Å². The molecule has 0 aliphatic rings. The van der Waals surface area contributed by atoms with Gasteiger partial charge in [-0.15, -0.1) is 0 Å². The van der Waals surface area contributed by atoms with E-state index < -0.39 is 0 Å². The standard InChI is InChI=1S/C19H10BrFN4/c20-19-8-15(16(21)10-23-19)13-2-1-3-14(7-13)25-11-24-17-6-12(9-22)4-5-18(17)25/h1-8,10-11H. The number of imidazole rings is 1. The molecule has 2 heterocycles. The van der Waals surface area contributed by atoms with Crippen LogP contribution >= 0.6 is 15.9 Å². The number of benzene rings is 2. The fourth-order valence-corrected chi connectivity index (χ4v) is 3.08. The number of halogens is 2. The molecule has 6 heteroatoms. The van der Waals surface area contributed by atoms with Crippen molar-refractivity contribution in [3.05, 3.63) is 77.0 Å². The molecule has 4 rings (SSSR count). The number of nitriles is 1. The van der Waals surface area contributed by atoms with E-state index >= 15 is 0 Å². The summed E-state index contributed by atoms with van der Waals surface area (Å²) in [5.41, 5.74) is 4.26. The van der Waals surface area contributed by atoms with E-state index in [2.05, 4.69) is 32.0 Å². The maximum atomic E-state index is 14.1. The van der Waals surface area contributed by atoms with Crippen molar-refractivity contribution in [3.63, 3.8) is 0 Å². The van der Waals surface area contributed by atoms with Gasteiger partial charge in [0, 0.05) is 11.3 Å². The molecule has 4 aromatic rings. The zero-order chi connectivity index (χ0) is 17.4. The Hall–Kier alpha value is -3.04. The highest BCUT2D eigenvalue weighted by atomic mass is 79.9. The molecule has 0 fully saturated rings. The number of rotatable bonds is 2. The third kappa shape index (κ3) is 2.79. The first-order valence-corrected chi connectivity index (χ1v) is 8.24. The molecule has 0 N–H and O–H groups in total. The lowest BCUT2D eigenvalue weighted by Gasteiger charge is -2.08. The van der Waals surface area contributed by atoms with Gasteiger partial charge < -0.3 is 0 Å². The second-order valence-corrected chi connectivity index (χ2v) is 6.28. The van der Waals surface area contributed by atoms with Gasteiger partial charge in [0.05, 0.1) is 28.9 Å². The summed E-state index contributed by atoms with van der Waals surface area (Å²) in [6, 6.07) is 16.7. The van der Waals surface area contributed by atoms with Crippen LogP contribution in [0, 0.1) is 17.1 Å². The highest BCUT2D eigenvalue weighted by Crippen LogP contribution is 2.28. The Morgan fingerprint density at radius 3 is 2.80 bits per heavy atom. The lowest BCUT2D eigenvalue weighted by Crippen LogP contribution is -1.94. The van der Waals surface area contributed by atoms with Crippen molar-refractivity contribution in [1.82, 2.24) is 14.5 Å². The summed E-state index contributed by atoms with van der Waals surface area (Å²) in [6.07, 6.45) is 2.89. The van der Waals surface area contributed by atoms with Gasteiger partial charge >= 0.3 is 0 Å². The van der Waals surface area contributed by atoms with Crippen LogP contribution < -0.4 is 0 Å². The predicted molar refractivity (Wildman–Crippen MR) is 96.7 cm³/mol. The SMILES string of the molecule is N#Cc1ccc2c(c1)ncn2-c1cccc(-c2cc(Br)ncc2F)c1. The molecule has 120 valence electrons. The van der Waals surface area contributed by atoms with Gasteiger partial charge in [-0.25, -0.2) is 14.4 Å². The molecule has 4 nitrogen and oxygen atoms in total. The highest BCUT2D eigenvalue weighted by molar-refractivity contribution is 9.10. The third-order valence-electron chi connectivity index (χ3n) is 3.93. The lowest BCUT2D eigenvalue weighted by atomic mass is 10.1. The molecule has 0 radical (unpaired) electrons. The predicted octanol–water partition coefficient (Wildman–Crippen LogP) is 4.86. The second kappa shape index (κ2) is 6.11. The molecule has 0 spiro atoms. The van der Waals surface area contributed by atoms with Crippen LogP contribution in [0.1, 0.15) is 5.56 Å². The molecule has 0 saturated heterocycles. The van der Waals surface area contributed by atoms with E-state index in [1.54, 1.807) is 24.5 Å². The van der Waals surface area contributed by atoms with Gasteiger partial charge in [0.25, 0.3) is 0 Å². The molecule has 0 aliphatic carbocycles. The van der Waals surface area contributed by atoms with Crippen molar-refractivity contribution in [2.45, 2.75) is 0 Å². The van der Waals surface area contributed by atoms with Crippen molar-refractivity contribution >= 4 is 27.0 Å². The summed E-state index contributed by atoms with van der Waals surface area (Å²) >= 11 is 3.28. The van der Waals surface area contributed by atoms with E-state index in [4.69, 9.17) is 5.26 Å². The Morgan fingerprint density at radius 1 is 1.08 bits per heavy atom. The summed E-state index contributed by atoms with van der Waals surface area (Å²) in [6.45, 7) is 0. The molecule has 0 saturated carbocycles. The zero-order valence-electron chi connectivity index (χ0n) is 12.8. The Morgan fingerprint density at radius 2 is 1.96 bits per heavy atom. The molecular weight excluding hydrogens is 383 g/mol. The summed E-state index contributed by atoms with van der Waals surface area (Å²) < 4.78 is 16.6. The van der Waals surface area contributed by atoms with Crippen LogP contribution in [-0.4, -0.2) is 14.5 Å². The van der Waals surface area contributed by atoms with Crippen LogP contribution in [-0.2, 0) is 0 Å². The van der Waals surface area contributed by atoms with Crippen molar-refractivity contribution in [3.8, 4) is 22.9 Å². The highest BCUT2D eigenvalue weighted by Gasteiger charge is 2.10. The number of hydrogen-bond donors (Lipinski definition) is 0. The Balaban J connectivity index is 1.85. The molecule has 0 atom stereocenters. The molecule has 2 aromatic heterocycles. The van der Waals surface area contributed by atoms with Crippen LogP contribution in [0.15, 0.2) is 65.7 Å². The number of hydrogen-bond acceptors (Lipinski definition) is 3. The van der Waals surface area contributed by atoms with Gasteiger partial charge in [-0.1, -0.05) is 12.1 Å². The van der Waals surface area contributed by atoms with Gasteiger partial charge in [-0.3, -0.25) is 4.57 Å². The number of pyridine rings is 1. The summed E-state index contributed by atoms with van der Waals surface area (Å²) in [4.78, 5) is 8.25. The molecule has 0 unspecified atom stereocenters. The molecular formula is C19H10BrFN4. The van der Waals surface area contributed by atoms with E-state index in [-0.39, 0.29) is 5.82 Å². The first-order valence-electron chi connectivity index (χ1n) is 7.45. The monoisotopic (exact) mass is 392 g/mol. The minimum atomic E-state index is -0.380. The number of aromatic nitrogens is 3. The first-order chi connectivity index (χ1) is 12.2. The van der Waals surface area contributed by atoms with Crippen LogP contribution in [0.4, 0.5) is 4.39 Å². The van der Waals surface area contributed by atoms with E-state index in [1.165, 1.54) is 6.20 Å². The van der Waals surface area contributed by atoms with E-state index in [9.17, 15) is 4.39 Å². The molecule has 0 aliphatic heterocycles. The second-order valence-electron chi connectivity index (χ2n) is 5.47. The van der Waals surface area contributed by atoms with Crippen LogP contribution in [0.25, 0.3) is 27.8 Å². The molecule has 0 bridgehead atoms. The van der Waals surface area contributed by atoms with E-state index in [0.29, 0.717) is 15.7 Å². The summed E-state index contributed by atoms with van der Waals surface area (Å²) in [7, 11) is 0. The maximum absolute atomic E-state index is 14.1. The van der Waals surface area contributed by atoms with Crippen molar-refractivity contribution < 1.29 is 4.39 Å². The largest absolute Gasteiger partial charge is 0.299 e. The third-order valence-corrected chi connectivity index (χ3v) is 4.37. The molecule has 25 heavy (non-hydrogen) atoms. The quantitative estimate of drug-likeness (QED) is 0.457. The summed E-state index contributed by atoms with van der Waals surface area (Å²) in [5, 5.41) is 9.00. The van der Waals surface area contributed by atoms with Gasteiger partial charge in [-0.2, -0.15) is 5.26 Å². The Labute approximate surface area is 151 Å². The maximum Gasteiger partial charge on any atom is 0.149 e. The Kier molecular flexibility index (Phi) is 3.79. The Bertz CT molecular complexity index is 1140. The normalized spacial score (nSPS) is 10.8. The average molecular weight is 393 g/mol. The fourth-order valence-electron chi connectivity index (χ4n) is 2.75. The van der Waals surface area contributed by atoms with Gasteiger partial charge in [0.1, 0.15) is 16.7 Å². The minimum absolute atomic E-state index is 0.380. The average Bonchev–Trinajstić information content (AvgIpc) is 3.07. The zero-order valence-corrected chi connectivity index (χ0v) is 14.4. The van der Waals surface area contributed by atoms with Crippen LogP contribution in [0.5, 0.6) is 0 Å². The smallest absolute Gasteiger partial charge is 0.149 e. The van der Waals surface area contributed by atoms with Crippen LogP contribution in [0.3, 0.4) is 0 Å². The number of nitrogens with zero attached hydrogens (tertiary/aromatic N) is 4. The first kappa shape index (κ1) is 15.5. The minimum Gasteiger partial charge on any atom is -0.299 e. The van der Waals surface area contributed by atoms with Crippen molar-refractivity contribution in [2.75, 3.05) is 0 Å². The van der Waals surface area contributed by atoms with Crippen LogP contribution in [0.2, 0.25) is 0 Å². The van der Waals surface area contributed by atoms with Crippen molar-refractivity contribution in [1.29, 1.82) is 5.26 Å².